The highest BCUT2D eigenvalue weighted by molar-refractivity contribution is 5.75. The van der Waals surface area contributed by atoms with E-state index in [2.05, 4.69) is 0 Å². The van der Waals surface area contributed by atoms with Crippen LogP contribution in [0.3, 0.4) is 0 Å². The van der Waals surface area contributed by atoms with Crippen LogP contribution in [-0.2, 0) is 9.59 Å². The molecule has 0 heterocycles. The molecule has 0 fully saturated rings. The van der Waals surface area contributed by atoms with Gasteiger partial charge in [0.05, 0.1) is 0 Å². The Bertz CT molecular complexity index is 159. The summed E-state index contributed by atoms with van der Waals surface area (Å²) in [5.41, 5.74) is 2.01. The molecule has 0 saturated heterocycles. The summed E-state index contributed by atoms with van der Waals surface area (Å²) in [5, 5.41) is 8.27. The van der Waals surface area contributed by atoms with Crippen molar-refractivity contribution in [2.75, 3.05) is 0 Å². The van der Waals surface area contributed by atoms with Crippen molar-refractivity contribution in [1.82, 2.24) is 5.43 Å². The van der Waals surface area contributed by atoms with Crippen LogP contribution in [0.15, 0.2) is 0 Å². The number of carboxylic acid groups (broad SMARTS) is 1. The van der Waals surface area contributed by atoms with E-state index in [4.69, 9.17) is 10.9 Å². The lowest BCUT2D eigenvalue weighted by Gasteiger charge is -1.98. The Labute approximate surface area is 70.9 Å². The fourth-order valence-corrected chi connectivity index (χ4v) is 0.811. The quantitative estimate of drug-likeness (QED) is 0.229. The molecule has 0 radical (unpaired) electrons. The number of aliphatic carboxylic acids is 1. The molecule has 0 spiro atoms. The number of carboxylic acids is 1. The maximum absolute atomic E-state index is 10.6. The van der Waals surface area contributed by atoms with Gasteiger partial charge in [-0.05, 0) is 12.8 Å². The number of rotatable bonds is 6. The first-order valence-electron chi connectivity index (χ1n) is 3.88. The van der Waals surface area contributed by atoms with Gasteiger partial charge in [-0.25, -0.2) is 5.84 Å². The van der Waals surface area contributed by atoms with E-state index < -0.39 is 5.97 Å². The summed E-state index contributed by atoms with van der Waals surface area (Å²) < 4.78 is 0. The summed E-state index contributed by atoms with van der Waals surface area (Å²) in [4.78, 5) is 20.6. The molecule has 0 aliphatic heterocycles. The monoisotopic (exact) mass is 174 g/mol. The van der Waals surface area contributed by atoms with Crippen molar-refractivity contribution in [3.8, 4) is 0 Å². The van der Waals surface area contributed by atoms with Gasteiger partial charge in [0.15, 0.2) is 0 Å². The van der Waals surface area contributed by atoms with Crippen molar-refractivity contribution in [3.05, 3.63) is 0 Å². The SMILES string of the molecule is NNC(=O)CCCCCC(=O)O. The average molecular weight is 174 g/mol. The van der Waals surface area contributed by atoms with Gasteiger partial charge in [0, 0.05) is 12.8 Å². The molecular weight excluding hydrogens is 160 g/mol. The number of carbonyl (C=O) groups excluding carboxylic acids is 1. The third-order valence-electron chi connectivity index (χ3n) is 1.46. The first-order valence-corrected chi connectivity index (χ1v) is 3.88. The van der Waals surface area contributed by atoms with Gasteiger partial charge >= 0.3 is 5.97 Å². The Hall–Kier alpha value is -1.10. The van der Waals surface area contributed by atoms with Crippen molar-refractivity contribution in [3.63, 3.8) is 0 Å². The number of hydrogen-bond acceptors (Lipinski definition) is 3. The molecule has 0 aromatic heterocycles. The first-order chi connectivity index (χ1) is 5.66. The summed E-state index contributed by atoms with van der Waals surface area (Å²) in [6.45, 7) is 0. The third kappa shape index (κ3) is 7.01. The highest BCUT2D eigenvalue weighted by Gasteiger charge is 1.99. The smallest absolute Gasteiger partial charge is 0.303 e. The van der Waals surface area contributed by atoms with Crippen LogP contribution in [0, 0.1) is 0 Å². The molecule has 0 aromatic rings. The second-order valence-electron chi connectivity index (χ2n) is 2.52. The van der Waals surface area contributed by atoms with Crippen LogP contribution in [0.1, 0.15) is 32.1 Å². The fourth-order valence-electron chi connectivity index (χ4n) is 0.811. The predicted molar refractivity (Wildman–Crippen MR) is 43.1 cm³/mol. The molecule has 0 bridgehead atoms. The fraction of sp³-hybridized carbons (Fsp3) is 0.714. The number of unbranched alkanes of at least 4 members (excludes halogenated alkanes) is 2. The molecule has 12 heavy (non-hydrogen) atoms. The highest BCUT2D eigenvalue weighted by atomic mass is 16.4. The van der Waals surface area contributed by atoms with Crippen LogP contribution < -0.4 is 11.3 Å². The van der Waals surface area contributed by atoms with Gasteiger partial charge in [0.1, 0.15) is 0 Å². The minimum atomic E-state index is -0.793. The van der Waals surface area contributed by atoms with Gasteiger partial charge in [0.25, 0.3) is 0 Å². The zero-order chi connectivity index (χ0) is 9.40. The molecule has 0 aliphatic rings. The molecule has 1 amide bonds. The van der Waals surface area contributed by atoms with Crippen LogP contribution in [-0.4, -0.2) is 17.0 Å². The lowest BCUT2D eigenvalue weighted by Crippen LogP contribution is -2.29. The molecule has 0 saturated carbocycles. The van der Waals surface area contributed by atoms with Crippen molar-refractivity contribution in [2.24, 2.45) is 5.84 Å². The Morgan fingerprint density at radius 1 is 1.17 bits per heavy atom. The van der Waals surface area contributed by atoms with Gasteiger partial charge in [0.2, 0.25) is 5.91 Å². The number of nitrogens with two attached hydrogens (primary N) is 1. The summed E-state index contributed by atoms with van der Waals surface area (Å²) in [5.74, 6) is 3.84. The van der Waals surface area contributed by atoms with Crippen molar-refractivity contribution >= 4 is 11.9 Å². The predicted octanol–water partition coefficient (Wildman–Crippen LogP) is 0.0114. The average Bonchev–Trinajstić information content (AvgIpc) is 2.03. The van der Waals surface area contributed by atoms with E-state index in [0.717, 1.165) is 6.42 Å². The van der Waals surface area contributed by atoms with Gasteiger partial charge < -0.3 is 5.11 Å². The minimum absolute atomic E-state index is 0.171. The van der Waals surface area contributed by atoms with Crippen LogP contribution in [0.25, 0.3) is 0 Å². The molecular formula is C7H14N2O3. The van der Waals surface area contributed by atoms with Crippen molar-refractivity contribution < 1.29 is 14.7 Å². The normalized spacial score (nSPS) is 9.42. The number of carbonyl (C=O) groups is 2. The highest BCUT2D eigenvalue weighted by Crippen LogP contribution is 2.02. The van der Waals surface area contributed by atoms with E-state index in [1.807, 2.05) is 5.43 Å². The molecule has 0 rings (SSSR count). The second-order valence-corrected chi connectivity index (χ2v) is 2.52. The van der Waals surface area contributed by atoms with Crippen LogP contribution >= 0.6 is 0 Å². The maximum Gasteiger partial charge on any atom is 0.303 e. The molecule has 0 aliphatic carbocycles. The summed E-state index contributed by atoms with van der Waals surface area (Å²) >= 11 is 0. The standard InChI is InChI=1S/C7H14N2O3/c8-9-6(10)4-2-1-3-5-7(11)12/h1-5,8H2,(H,9,10)(H,11,12). The zero-order valence-corrected chi connectivity index (χ0v) is 6.88. The molecule has 5 nitrogen and oxygen atoms in total. The molecule has 0 aromatic carbocycles. The van der Waals surface area contributed by atoms with E-state index in [-0.39, 0.29) is 12.3 Å². The van der Waals surface area contributed by atoms with E-state index in [0.29, 0.717) is 19.3 Å². The first kappa shape index (κ1) is 10.9. The summed E-state index contributed by atoms with van der Waals surface area (Å²) in [6, 6.07) is 0. The number of hydrogen-bond donors (Lipinski definition) is 3. The van der Waals surface area contributed by atoms with E-state index in [9.17, 15) is 9.59 Å². The lowest BCUT2D eigenvalue weighted by atomic mass is 10.1. The Morgan fingerprint density at radius 2 is 1.75 bits per heavy atom. The summed E-state index contributed by atoms with van der Waals surface area (Å²) in [6.07, 6.45) is 2.60. The number of amides is 1. The zero-order valence-electron chi connectivity index (χ0n) is 6.88. The molecule has 70 valence electrons. The van der Waals surface area contributed by atoms with Crippen molar-refractivity contribution in [1.29, 1.82) is 0 Å². The Morgan fingerprint density at radius 3 is 2.25 bits per heavy atom. The van der Waals surface area contributed by atoms with Gasteiger partial charge in [-0.1, -0.05) is 6.42 Å². The van der Waals surface area contributed by atoms with Crippen LogP contribution in [0.5, 0.6) is 0 Å². The maximum atomic E-state index is 10.6. The van der Waals surface area contributed by atoms with E-state index >= 15 is 0 Å². The molecule has 0 unspecified atom stereocenters. The molecule has 0 atom stereocenters. The largest absolute Gasteiger partial charge is 0.481 e. The number of hydrazine groups is 1. The minimum Gasteiger partial charge on any atom is -0.481 e. The van der Waals surface area contributed by atoms with E-state index in [1.165, 1.54) is 0 Å². The van der Waals surface area contributed by atoms with Crippen molar-refractivity contribution in [2.45, 2.75) is 32.1 Å². The van der Waals surface area contributed by atoms with Crippen LogP contribution in [0.2, 0.25) is 0 Å². The second kappa shape index (κ2) is 6.60. The third-order valence-corrected chi connectivity index (χ3v) is 1.46. The van der Waals surface area contributed by atoms with Crippen LogP contribution in [0.4, 0.5) is 0 Å². The Kier molecular flexibility index (Phi) is 6.00. The topological polar surface area (TPSA) is 92.4 Å². The van der Waals surface area contributed by atoms with Gasteiger partial charge in [-0.15, -0.1) is 0 Å². The molecule has 5 heteroatoms. The van der Waals surface area contributed by atoms with E-state index in [1.54, 1.807) is 0 Å². The van der Waals surface area contributed by atoms with Gasteiger partial charge in [-0.3, -0.25) is 15.0 Å². The summed E-state index contributed by atoms with van der Waals surface area (Å²) in [7, 11) is 0. The lowest BCUT2D eigenvalue weighted by molar-refractivity contribution is -0.137. The van der Waals surface area contributed by atoms with Gasteiger partial charge in [-0.2, -0.15) is 0 Å². The Balaban J connectivity index is 3.11. The number of nitrogens with one attached hydrogen (secondary N) is 1. The molecule has 4 N–H and O–H groups in total.